The molecule has 1 aliphatic rings. The summed E-state index contributed by atoms with van der Waals surface area (Å²) >= 11 is 0. The number of amides is 1. The van der Waals surface area contributed by atoms with Crippen LogP contribution in [-0.2, 0) is 9.53 Å². The van der Waals surface area contributed by atoms with Crippen molar-refractivity contribution >= 4 is 11.9 Å². The zero-order valence-electron chi connectivity index (χ0n) is 12.0. The molecule has 0 bridgehead atoms. The molecule has 1 aliphatic carbocycles. The standard InChI is InChI=1S/C14H25NO3/c1-5-7-11(16)14(8-6-9-14)10-15-12(17)18-13(2,3)4/h5-10H2,1-4H3,(H,15,17). The quantitative estimate of drug-likeness (QED) is 0.821. The molecule has 0 aromatic heterocycles. The molecule has 4 nitrogen and oxygen atoms in total. The lowest BCUT2D eigenvalue weighted by molar-refractivity contribution is -0.133. The zero-order chi connectivity index (χ0) is 13.8. The van der Waals surface area contributed by atoms with Crippen LogP contribution in [0.15, 0.2) is 0 Å². The molecule has 0 spiro atoms. The Morgan fingerprint density at radius 3 is 2.28 bits per heavy atom. The molecule has 0 heterocycles. The lowest BCUT2D eigenvalue weighted by Crippen LogP contribution is -2.48. The van der Waals surface area contributed by atoms with Gasteiger partial charge in [0.05, 0.1) is 0 Å². The van der Waals surface area contributed by atoms with E-state index in [1.165, 1.54) is 0 Å². The van der Waals surface area contributed by atoms with E-state index >= 15 is 0 Å². The zero-order valence-corrected chi connectivity index (χ0v) is 12.0. The summed E-state index contributed by atoms with van der Waals surface area (Å²) in [7, 11) is 0. The third kappa shape index (κ3) is 4.00. The van der Waals surface area contributed by atoms with Crippen LogP contribution in [0.25, 0.3) is 0 Å². The molecule has 0 aliphatic heterocycles. The molecule has 0 aromatic carbocycles. The predicted molar refractivity (Wildman–Crippen MR) is 70.4 cm³/mol. The lowest BCUT2D eigenvalue weighted by Gasteiger charge is -2.40. The van der Waals surface area contributed by atoms with Crippen molar-refractivity contribution in [1.29, 1.82) is 0 Å². The molecule has 0 aromatic rings. The van der Waals surface area contributed by atoms with Gasteiger partial charge in [0, 0.05) is 18.4 Å². The van der Waals surface area contributed by atoms with Gasteiger partial charge in [0.25, 0.3) is 0 Å². The number of hydrogen-bond donors (Lipinski definition) is 1. The fourth-order valence-electron chi connectivity index (χ4n) is 2.21. The van der Waals surface area contributed by atoms with E-state index in [1.807, 2.05) is 27.7 Å². The number of carbonyl (C=O) groups excluding carboxylic acids is 2. The number of ether oxygens (including phenoxy) is 1. The Morgan fingerprint density at radius 2 is 1.89 bits per heavy atom. The minimum atomic E-state index is -0.496. The normalized spacial score (nSPS) is 17.8. The maximum atomic E-state index is 12.1. The number of nitrogens with one attached hydrogen (secondary N) is 1. The van der Waals surface area contributed by atoms with Gasteiger partial charge in [-0.15, -0.1) is 0 Å². The average molecular weight is 255 g/mol. The predicted octanol–water partition coefficient (Wildman–Crippen LogP) is 3.05. The molecule has 18 heavy (non-hydrogen) atoms. The topological polar surface area (TPSA) is 55.4 Å². The molecule has 104 valence electrons. The van der Waals surface area contributed by atoms with E-state index in [0.29, 0.717) is 13.0 Å². The highest BCUT2D eigenvalue weighted by molar-refractivity contribution is 5.86. The highest BCUT2D eigenvalue weighted by atomic mass is 16.6. The Labute approximate surface area is 109 Å². The van der Waals surface area contributed by atoms with Gasteiger partial charge in [0.15, 0.2) is 0 Å². The second kappa shape index (κ2) is 5.72. The molecule has 0 saturated heterocycles. The molecule has 0 radical (unpaired) electrons. The van der Waals surface area contributed by atoms with Crippen molar-refractivity contribution in [3.8, 4) is 0 Å². The van der Waals surface area contributed by atoms with Crippen LogP contribution in [0.2, 0.25) is 0 Å². The first-order chi connectivity index (χ1) is 8.29. The molecule has 0 atom stereocenters. The van der Waals surface area contributed by atoms with E-state index in [-0.39, 0.29) is 11.2 Å². The van der Waals surface area contributed by atoms with Crippen molar-refractivity contribution in [1.82, 2.24) is 5.32 Å². The SMILES string of the molecule is CCCC(=O)C1(CNC(=O)OC(C)(C)C)CCC1. The molecule has 0 unspecified atom stereocenters. The van der Waals surface area contributed by atoms with E-state index in [2.05, 4.69) is 5.32 Å². The summed E-state index contributed by atoms with van der Waals surface area (Å²) in [5.41, 5.74) is -0.808. The van der Waals surface area contributed by atoms with Crippen molar-refractivity contribution < 1.29 is 14.3 Å². The van der Waals surface area contributed by atoms with Gasteiger partial charge in [-0.3, -0.25) is 4.79 Å². The van der Waals surface area contributed by atoms with Gasteiger partial charge in [0.2, 0.25) is 0 Å². The van der Waals surface area contributed by atoms with Gasteiger partial charge in [0.1, 0.15) is 11.4 Å². The second-order valence-electron chi connectivity index (χ2n) is 6.16. The summed E-state index contributed by atoms with van der Waals surface area (Å²) in [6, 6.07) is 0. The van der Waals surface area contributed by atoms with E-state index in [1.54, 1.807) is 0 Å². The van der Waals surface area contributed by atoms with Crippen LogP contribution < -0.4 is 5.32 Å². The van der Waals surface area contributed by atoms with Gasteiger partial charge >= 0.3 is 6.09 Å². The molecule has 4 heteroatoms. The van der Waals surface area contributed by atoms with Crippen molar-refractivity contribution in [2.75, 3.05) is 6.54 Å². The third-order valence-corrected chi connectivity index (χ3v) is 3.35. The fourth-order valence-corrected chi connectivity index (χ4v) is 2.21. The smallest absolute Gasteiger partial charge is 0.407 e. The van der Waals surface area contributed by atoms with Crippen LogP contribution in [0.1, 0.15) is 59.8 Å². The number of carbonyl (C=O) groups is 2. The highest BCUT2D eigenvalue weighted by Crippen LogP contribution is 2.42. The Hall–Kier alpha value is -1.06. The first-order valence-electron chi connectivity index (χ1n) is 6.79. The number of ketones is 1. The summed E-state index contributed by atoms with van der Waals surface area (Å²) in [6.45, 7) is 7.90. The van der Waals surface area contributed by atoms with Gasteiger partial charge < -0.3 is 10.1 Å². The fraction of sp³-hybridized carbons (Fsp3) is 0.857. The summed E-state index contributed by atoms with van der Waals surface area (Å²) in [6.07, 6.45) is 3.90. The van der Waals surface area contributed by atoms with Crippen molar-refractivity contribution in [2.24, 2.45) is 5.41 Å². The van der Waals surface area contributed by atoms with E-state index in [9.17, 15) is 9.59 Å². The minimum Gasteiger partial charge on any atom is -0.444 e. The largest absolute Gasteiger partial charge is 0.444 e. The van der Waals surface area contributed by atoms with Crippen molar-refractivity contribution in [3.63, 3.8) is 0 Å². The van der Waals surface area contributed by atoms with Crippen molar-refractivity contribution in [2.45, 2.75) is 65.4 Å². The van der Waals surface area contributed by atoms with Crippen molar-refractivity contribution in [3.05, 3.63) is 0 Å². The first kappa shape index (κ1) is 15.0. The van der Waals surface area contributed by atoms with Crippen LogP contribution in [0.5, 0.6) is 0 Å². The third-order valence-electron chi connectivity index (χ3n) is 3.35. The van der Waals surface area contributed by atoms with Crippen LogP contribution in [0, 0.1) is 5.41 Å². The van der Waals surface area contributed by atoms with E-state index in [4.69, 9.17) is 4.74 Å². The van der Waals surface area contributed by atoms with Gasteiger partial charge in [-0.2, -0.15) is 0 Å². The number of Topliss-reactive ketones (excluding diaryl/α,β-unsaturated/α-hetero) is 1. The minimum absolute atomic E-state index is 0.285. The molecule has 1 saturated carbocycles. The van der Waals surface area contributed by atoms with Crippen LogP contribution in [0.4, 0.5) is 4.79 Å². The Morgan fingerprint density at radius 1 is 1.28 bits per heavy atom. The van der Waals surface area contributed by atoms with Crippen LogP contribution in [0.3, 0.4) is 0 Å². The van der Waals surface area contributed by atoms with Crippen LogP contribution in [-0.4, -0.2) is 24.0 Å². The Bertz CT molecular complexity index is 313. The maximum Gasteiger partial charge on any atom is 0.407 e. The Balaban J connectivity index is 2.45. The van der Waals surface area contributed by atoms with Gasteiger partial charge in [-0.25, -0.2) is 4.79 Å². The molecule has 1 amide bonds. The van der Waals surface area contributed by atoms with E-state index < -0.39 is 11.7 Å². The molecular weight excluding hydrogens is 230 g/mol. The summed E-state index contributed by atoms with van der Waals surface area (Å²) in [5.74, 6) is 0.285. The summed E-state index contributed by atoms with van der Waals surface area (Å²) < 4.78 is 5.18. The monoisotopic (exact) mass is 255 g/mol. The Kier molecular flexibility index (Phi) is 4.77. The van der Waals surface area contributed by atoms with Gasteiger partial charge in [-0.05, 0) is 40.0 Å². The first-order valence-corrected chi connectivity index (χ1v) is 6.79. The molecule has 1 fully saturated rings. The lowest BCUT2D eigenvalue weighted by atomic mass is 9.65. The maximum absolute atomic E-state index is 12.1. The number of rotatable bonds is 5. The number of alkyl carbamates (subject to hydrolysis) is 1. The second-order valence-corrected chi connectivity index (χ2v) is 6.16. The average Bonchev–Trinajstić information content (AvgIpc) is 2.13. The summed E-state index contributed by atoms with van der Waals surface area (Å²) in [4.78, 5) is 23.6. The van der Waals surface area contributed by atoms with Crippen LogP contribution >= 0.6 is 0 Å². The molecule has 1 rings (SSSR count). The van der Waals surface area contributed by atoms with E-state index in [0.717, 1.165) is 25.7 Å². The highest BCUT2D eigenvalue weighted by Gasteiger charge is 2.43. The number of hydrogen-bond acceptors (Lipinski definition) is 3. The van der Waals surface area contributed by atoms with Gasteiger partial charge in [-0.1, -0.05) is 13.3 Å². The molecular formula is C14H25NO3. The molecule has 1 N–H and O–H groups in total. The summed E-state index contributed by atoms with van der Waals surface area (Å²) in [5, 5.41) is 2.74.